The number of methoxy groups -OCH3 is 1. The van der Waals surface area contributed by atoms with E-state index in [1.165, 1.54) is 0 Å². The summed E-state index contributed by atoms with van der Waals surface area (Å²) in [5, 5.41) is 8.55. The fourth-order valence-electron chi connectivity index (χ4n) is 1.80. The van der Waals surface area contributed by atoms with Gasteiger partial charge in [-0.25, -0.2) is 0 Å². The maximum atomic E-state index is 11.8. The summed E-state index contributed by atoms with van der Waals surface area (Å²) in [6.45, 7) is 1.83. The minimum Gasteiger partial charge on any atom is -0.497 e. The molecule has 1 aromatic rings. The summed E-state index contributed by atoms with van der Waals surface area (Å²) < 4.78 is 5.09. The van der Waals surface area contributed by atoms with Crippen LogP contribution in [0.15, 0.2) is 24.3 Å². The lowest BCUT2D eigenvalue weighted by atomic mass is 10.3. The molecule has 0 spiro atoms. The SMILES string of the molecule is COc1cccc(NC(=O)CNC(C)C(=O)NC2CC2)c1. The van der Waals surface area contributed by atoms with E-state index in [1.807, 2.05) is 0 Å². The third kappa shape index (κ3) is 5.07. The van der Waals surface area contributed by atoms with Gasteiger partial charge in [-0.3, -0.25) is 14.9 Å². The summed E-state index contributed by atoms with van der Waals surface area (Å²) >= 11 is 0. The molecular formula is C15H21N3O3. The molecule has 2 amide bonds. The van der Waals surface area contributed by atoms with E-state index in [1.54, 1.807) is 38.3 Å². The second-order valence-corrected chi connectivity index (χ2v) is 5.17. The number of ether oxygens (including phenoxy) is 1. The molecule has 0 aliphatic heterocycles. The van der Waals surface area contributed by atoms with Crippen LogP contribution in [0.2, 0.25) is 0 Å². The van der Waals surface area contributed by atoms with Gasteiger partial charge >= 0.3 is 0 Å². The van der Waals surface area contributed by atoms with Crippen LogP contribution in [0.3, 0.4) is 0 Å². The Kier molecular flexibility index (Phi) is 5.16. The van der Waals surface area contributed by atoms with E-state index in [-0.39, 0.29) is 24.4 Å². The van der Waals surface area contributed by atoms with Gasteiger partial charge in [0, 0.05) is 17.8 Å². The molecule has 1 atom stereocenters. The van der Waals surface area contributed by atoms with Crippen LogP contribution in [0, 0.1) is 0 Å². The summed E-state index contributed by atoms with van der Waals surface area (Å²) in [6, 6.07) is 7.06. The predicted octanol–water partition coefficient (Wildman–Crippen LogP) is 0.890. The lowest BCUT2D eigenvalue weighted by Gasteiger charge is -2.13. The highest BCUT2D eigenvalue weighted by atomic mass is 16.5. The van der Waals surface area contributed by atoms with Gasteiger partial charge in [0.2, 0.25) is 11.8 Å². The maximum Gasteiger partial charge on any atom is 0.238 e. The van der Waals surface area contributed by atoms with Crippen molar-refractivity contribution in [3.8, 4) is 5.75 Å². The van der Waals surface area contributed by atoms with Crippen molar-refractivity contribution in [3.05, 3.63) is 24.3 Å². The first-order chi connectivity index (χ1) is 10.1. The van der Waals surface area contributed by atoms with E-state index in [9.17, 15) is 9.59 Å². The van der Waals surface area contributed by atoms with Gasteiger partial charge in [-0.05, 0) is 31.9 Å². The zero-order chi connectivity index (χ0) is 15.2. The molecule has 114 valence electrons. The summed E-state index contributed by atoms with van der Waals surface area (Å²) in [7, 11) is 1.57. The quantitative estimate of drug-likeness (QED) is 0.697. The van der Waals surface area contributed by atoms with Gasteiger partial charge in [0.15, 0.2) is 0 Å². The van der Waals surface area contributed by atoms with Crippen LogP contribution in [0.4, 0.5) is 5.69 Å². The first-order valence-electron chi connectivity index (χ1n) is 7.06. The van der Waals surface area contributed by atoms with Crippen molar-refractivity contribution in [1.29, 1.82) is 0 Å². The van der Waals surface area contributed by atoms with Crippen LogP contribution in [0.25, 0.3) is 0 Å². The Morgan fingerprint density at radius 2 is 2.14 bits per heavy atom. The number of hydrogen-bond acceptors (Lipinski definition) is 4. The normalized spacial score (nSPS) is 15.1. The second-order valence-electron chi connectivity index (χ2n) is 5.17. The Morgan fingerprint density at radius 3 is 2.81 bits per heavy atom. The van der Waals surface area contributed by atoms with Crippen LogP contribution in [0.5, 0.6) is 5.75 Å². The summed E-state index contributed by atoms with van der Waals surface area (Å²) in [6.07, 6.45) is 2.10. The van der Waals surface area contributed by atoms with Crippen molar-refractivity contribution in [1.82, 2.24) is 10.6 Å². The number of hydrogen-bond donors (Lipinski definition) is 3. The molecule has 21 heavy (non-hydrogen) atoms. The Labute approximate surface area is 124 Å². The average molecular weight is 291 g/mol. The molecule has 2 rings (SSSR count). The summed E-state index contributed by atoms with van der Waals surface area (Å²) in [4.78, 5) is 23.6. The Hall–Kier alpha value is -2.08. The molecule has 6 heteroatoms. The van der Waals surface area contributed by atoms with Crippen LogP contribution in [-0.4, -0.2) is 37.6 Å². The molecule has 0 bridgehead atoms. The lowest BCUT2D eigenvalue weighted by Crippen LogP contribution is -2.45. The highest BCUT2D eigenvalue weighted by Gasteiger charge is 2.25. The smallest absolute Gasteiger partial charge is 0.238 e. The van der Waals surface area contributed by atoms with E-state index in [0.717, 1.165) is 12.8 Å². The number of amides is 2. The minimum atomic E-state index is -0.387. The van der Waals surface area contributed by atoms with Crippen molar-refractivity contribution in [2.45, 2.75) is 31.8 Å². The predicted molar refractivity (Wildman–Crippen MR) is 80.3 cm³/mol. The van der Waals surface area contributed by atoms with Crippen molar-refractivity contribution >= 4 is 17.5 Å². The molecule has 1 aliphatic carbocycles. The summed E-state index contributed by atoms with van der Waals surface area (Å²) in [5.74, 6) is 0.416. The van der Waals surface area contributed by atoms with Crippen LogP contribution in [0.1, 0.15) is 19.8 Å². The van der Waals surface area contributed by atoms with Crippen molar-refractivity contribution < 1.29 is 14.3 Å². The van der Waals surface area contributed by atoms with E-state index < -0.39 is 0 Å². The molecule has 1 fully saturated rings. The molecule has 1 unspecified atom stereocenters. The van der Waals surface area contributed by atoms with Crippen LogP contribution < -0.4 is 20.7 Å². The first-order valence-corrected chi connectivity index (χ1v) is 7.06. The molecular weight excluding hydrogens is 270 g/mol. The molecule has 1 aliphatic rings. The largest absolute Gasteiger partial charge is 0.497 e. The Morgan fingerprint density at radius 1 is 1.38 bits per heavy atom. The van der Waals surface area contributed by atoms with Crippen LogP contribution >= 0.6 is 0 Å². The maximum absolute atomic E-state index is 11.8. The highest BCUT2D eigenvalue weighted by Crippen LogP contribution is 2.18. The van der Waals surface area contributed by atoms with Gasteiger partial charge in [-0.1, -0.05) is 6.07 Å². The molecule has 0 saturated heterocycles. The van der Waals surface area contributed by atoms with Gasteiger partial charge in [-0.15, -0.1) is 0 Å². The molecule has 1 saturated carbocycles. The van der Waals surface area contributed by atoms with E-state index >= 15 is 0 Å². The second kappa shape index (κ2) is 7.08. The highest BCUT2D eigenvalue weighted by molar-refractivity contribution is 5.93. The van der Waals surface area contributed by atoms with Crippen molar-refractivity contribution in [3.63, 3.8) is 0 Å². The van der Waals surface area contributed by atoms with Crippen molar-refractivity contribution in [2.24, 2.45) is 0 Å². The molecule has 3 N–H and O–H groups in total. The van der Waals surface area contributed by atoms with Crippen LogP contribution in [-0.2, 0) is 9.59 Å². The molecule has 1 aromatic carbocycles. The monoisotopic (exact) mass is 291 g/mol. The molecule has 0 heterocycles. The number of anilines is 1. The van der Waals surface area contributed by atoms with E-state index in [2.05, 4.69) is 16.0 Å². The minimum absolute atomic E-state index is 0.0633. The fourth-order valence-corrected chi connectivity index (χ4v) is 1.80. The van der Waals surface area contributed by atoms with Gasteiger partial charge in [-0.2, -0.15) is 0 Å². The molecule has 0 radical (unpaired) electrons. The molecule has 0 aromatic heterocycles. The van der Waals surface area contributed by atoms with E-state index in [4.69, 9.17) is 4.74 Å². The molecule has 6 nitrogen and oxygen atoms in total. The Bertz CT molecular complexity index is 515. The fraction of sp³-hybridized carbons (Fsp3) is 0.467. The lowest BCUT2D eigenvalue weighted by molar-refractivity contribution is -0.123. The van der Waals surface area contributed by atoms with E-state index in [0.29, 0.717) is 17.5 Å². The Balaban J connectivity index is 1.74. The number of carbonyl (C=O) groups excluding carboxylic acids is 2. The third-order valence-corrected chi connectivity index (χ3v) is 3.24. The summed E-state index contributed by atoms with van der Waals surface area (Å²) in [5.41, 5.74) is 0.663. The third-order valence-electron chi connectivity index (χ3n) is 3.24. The van der Waals surface area contributed by atoms with Gasteiger partial charge in [0.05, 0.1) is 19.7 Å². The van der Waals surface area contributed by atoms with Gasteiger partial charge in [0.1, 0.15) is 5.75 Å². The average Bonchev–Trinajstić information content (AvgIpc) is 3.28. The standard InChI is InChI=1S/C15H21N3O3/c1-10(15(20)18-11-6-7-11)16-9-14(19)17-12-4-3-5-13(8-12)21-2/h3-5,8,10-11,16H,6-7,9H2,1-2H3,(H,17,19)(H,18,20). The number of carbonyl (C=O) groups is 2. The number of nitrogens with one attached hydrogen (secondary N) is 3. The topological polar surface area (TPSA) is 79.5 Å². The van der Waals surface area contributed by atoms with Gasteiger partial charge < -0.3 is 15.4 Å². The van der Waals surface area contributed by atoms with Gasteiger partial charge in [0.25, 0.3) is 0 Å². The number of benzene rings is 1. The zero-order valence-corrected chi connectivity index (χ0v) is 12.3. The van der Waals surface area contributed by atoms with Crippen molar-refractivity contribution in [2.75, 3.05) is 19.0 Å². The first kappa shape index (κ1) is 15.3. The number of rotatable bonds is 7. The zero-order valence-electron chi connectivity index (χ0n) is 12.3.